The van der Waals surface area contributed by atoms with Crippen molar-refractivity contribution < 1.29 is 9.47 Å². The SMILES string of the molecule is COc1ccc(C=C(c2ccc(-c3c4ccccc4c(-c4ccc(C(=Cc5ccc(OC)cc5)c5ccc(C(C)(C)C)cc5)cc4)c4ccccc34)cc2)c2ccc(C(C)(C)C)cc2)cc1. The van der Waals surface area contributed by atoms with Crippen LogP contribution in [0.2, 0.25) is 0 Å². The Balaban J connectivity index is 1.13. The van der Waals surface area contributed by atoms with Crippen molar-refractivity contribution in [2.75, 3.05) is 14.2 Å². The lowest BCUT2D eigenvalue weighted by atomic mass is 9.84. The summed E-state index contributed by atoms with van der Waals surface area (Å²) in [6, 6.07) is 70.8. The molecule has 2 nitrogen and oxygen atoms in total. The van der Waals surface area contributed by atoms with Gasteiger partial charge in [-0.3, -0.25) is 0 Å². The van der Waals surface area contributed by atoms with Crippen LogP contribution in [0.1, 0.15) is 86.1 Å². The van der Waals surface area contributed by atoms with Gasteiger partial charge in [0.05, 0.1) is 14.2 Å². The van der Waals surface area contributed by atoms with E-state index < -0.39 is 0 Å². The molecule has 0 unspecified atom stereocenters. The fraction of sp³-hybridized carbons (Fsp3) is 0.156. The molecule has 0 amide bonds. The molecular weight excluding hydrogens is 801 g/mol. The van der Waals surface area contributed by atoms with E-state index >= 15 is 0 Å². The lowest BCUT2D eigenvalue weighted by Crippen LogP contribution is -2.10. The van der Waals surface area contributed by atoms with Crippen LogP contribution in [0.5, 0.6) is 11.5 Å². The highest BCUT2D eigenvalue weighted by Gasteiger charge is 2.19. The zero-order valence-corrected chi connectivity index (χ0v) is 39.4. The second-order valence-corrected chi connectivity index (χ2v) is 19.3. The van der Waals surface area contributed by atoms with Gasteiger partial charge >= 0.3 is 0 Å². The smallest absolute Gasteiger partial charge is 0.118 e. The van der Waals surface area contributed by atoms with E-state index in [-0.39, 0.29) is 10.8 Å². The molecule has 9 aromatic carbocycles. The van der Waals surface area contributed by atoms with Gasteiger partial charge in [-0.1, -0.05) is 211 Å². The zero-order chi connectivity index (χ0) is 46.0. The zero-order valence-electron chi connectivity index (χ0n) is 39.4. The van der Waals surface area contributed by atoms with Crippen LogP contribution in [0.25, 0.3) is 67.1 Å². The molecule has 0 aliphatic heterocycles. The maximum Gasteiger partial charge on any atom is 0.118 e. The largest absolute Gasteiger partial charge is 0.497 e. The summed E-state index contributed by atoms with van der Waals surface area (Å²) in [6.07, 6.45) is 4.57. The number of rotatable bonds is 10. The summed E-state index contributed by atoms with van der Waals surface area (Å²) in [6.45, 7) is 13.6. The summed E-state index contributed by atoms with van der Waals surface area (Å²) in [7, 11) is 3.42. The Morgan fingerprint density at radius 2 is 0.606 bits per heavy atom. The van der Waals surface area contributed by atoms with Gasteiger partial charge in [0.15, 0.2) is 0 Å². The summed E-state index contributed by atoms with van der Waals surface area (Å²) >= 11 is 0. The number of fused-ring (bicyclic) bond motifs is 2. The minimum Gasteiger partial charge on any atom is -0.497 e. The van der Waals surface area contributed by atoms with E-state index in [1.54, 1.807) is 14.2 Å². The number of ether oxygens (including phenoxy) is 2. The normalized spacial score (nSPS) is 12.4. The van der Waals surface area contributed by atoms with Crippen molar-refractivity contribution in [3.8, 4) is 33.8 Å². The fourth-order valence-electron chi connectivity index (χ4n) is 9.08. The topological polar surface area (TPSA) is 18.5 Å². The third-order valence-electron chi connectivity index (χ3n) is 12.9. The van der Waals surface area contributed by atoms with Gasteiger partial charge in [0.2, 0.25) is 0 Å². The molecule has 0 N–H and O–H groups in total. The molecular formula is C64H58O2. The first kappa shape index (κ1) is 43.8. The van der Waals surface area contributed by atoms with Crippen LogP contribution in [0.3, 0.4) is 0 Å². The Morgan fingerprint density at radius 1 is 0.333 bits per heavy atom. The second-order valence-electron chi connectivity index (χ2n) is 19.3. The third-order valence-corrected chi connectivity index (χ3v) is 12.9. The van der Waals surface area contributed by atoms with Crippen LogP contribution in [-0.2, 0) is 10.8 Å². The molecule has 0 aliphatic rings. The molecule has 9 rings (SSSR count). The monoisotopic (exact) mass is 858 g/mol. The van der Waals surface area contributed by atoms with Gasteiger partial charge in [0, 0.05) is 0 Å². The lowest BCUT2D eigenvalue weighted by Gasteiger charge is -2.20. The van der Waals surface area contributed by atoms with Crippen molar-refractivity contribution in [2.45, 2.75) is 52.4 Å². The van der Waals surface area contributed by atoms with Crippen molar-refractivity contribution in [3.05, 3.63) is 239 Å². The number of methoxy groups -OCH3 is 2. The van der Waals surface area contributed by atoms with Crippen molar-refractivity contribution in [2.24, 2.45) is 0 Å². The summed E-state index contributed by atoms with van der Waals surface area (Å²) in [4.78, 5) is 0. The summed E-state index contributed by atoms with van der Waals surface area (Å²) in [5.74, 6) is 1.69. The van der Waals surface area contributed by atoms with E-state index in [4.69, 9.17) is 9.47 Å². The van der Waals surface area contributed by atoms with E-state index in [0.29, 0.717) is 0 Å². The first-order chi connectivity index (χ1) is 31.9. The first-order valence-corrected chi connectivity index (χ1v) is 23.0. The van der Waals surface area contributed by atoms with Crippen molar-refractivity contribution in [3.63, 3.8) is 0 Å². The highest BCUT2D eigenvalue weighted by Crippen LogP contribution is 2.44. The van der Waals surface area contributed by atoms with E-state index in [9.17, 15) is 0 Å². The van der Waals surface area contributed by atoms with Gasteiger partial charge < -0.3 is 9.47 Å². The highest BCUT2D eigenvalue weighted by atomic mass is 16.5. The van der Waals surface area contributed by atoms with Gasteiger partial charge in [-0.2, -0.15) is 0 Å². The highest BCUT2D eigenvalue weighted by molar-refractivity contribution is 6.21. The Kier molecular flexibility index (Phi) is 12.1. The molecule has 0 fully saturated rings. The van der Waals surface area contributed by atoms with Gasteiger partial charge in [0.1, 0.15) is 11.5 Å². The maximum atomic E-state index is 5.47. The Labute approximate surface area is 391 Å². The van der Waals surface area contributed by atoms with Crippen LogP contribution >= 0.6 is 0 Å². The predicted molar refractivity (Wildman–Crippen MR) is 283 cm³/mol. The van der Waals surface area contributed by atoms with Gasteiger partial charge in [-0.05, 0) is 147 Å². The Bertz CT molecular complexity index is 2910. The molecule has 0 radical (unpaired) electrons. The van der Waals surface area contributed by atoms with E-state index in [0.717, 1.165) is 33.8 Å². The van der Waals surface area contributed by atoms with E-state index in [1.807, 2.05) is 24.3 Å². The third kappa shape index (κ3) is 9.10. The van der Waals surface area contributed by atoms with Crippen LogP contribution in [0.4, 0.5) is 0 Å². The molecule has 9 aromatic rings. The average Bonchev–Trinajstić information content (AvgIpc) is 3.34. The molecule has 326 valence electrons. The van der Waals surface area contributed by atoms with Crippen molar-refractivity contribution >= 4 is 44.8 Å². The van der Waals surface area contributed by atoms with E-state index in [1.165, 1.54) is 77.2 Å². The maximum absolute atomic E-state index is 5.47. The van der Waals surface area contributed by atoms with Crippen molar-refractivity contribution in [1.82, 2.24) is 0 Å². The minimum atomic E-state index is 0.0726. The van der Waals surface area contributed by atoms with Gasteiger partial charge in [-0.15, -0.1) is 0 Å². The standard InChI is InChI=1S/C64H58O2/c1-63(2,3)51-33-29-47(30-34-51)59(41-43-17-37-53(65-7)38-18-43)45-21-25-49(26-22-45)61-55-13-9-11-15-57(55)62(58-16-12-10-14-56(58)61)50-27-23-46(24-28-50)60(42-44-19-39-54(66-8)40-20-44)48-31-35-52(36-32-48)64(4,5)6/h9-42H,1-8H3. The Hall–Kier alpha value is -7.42. The number of hydrogen-bond acceptors (Lipinski definition) is 2. The fourth-order valence-corrected chi connectivity index (χ4v) is 9.08. The lowest BCUT2D eigenvalue weighted by molar-refractivity contribution is 0.414. The molecule has 0 atom stereocenters. The molecule has 66 heavy (non-hydrogen) atoms. The van der Waals surface area contributed by atoms with Crippen molar-refractivity contribution in [1.29, 1.82) is 0 Å². The van der Waals surface area contributed by atoms with E-state index in [2.05, 4.69) is 224 Å². The van der Waals surface area contributed by atoms with Gasteiger partial charge in [0.25, 0.3) is 0 Å². The Morgan fingerprint density at radius 3 is 0.864 bits per heavy atom. The van der Waals surface area contributed by atoms with Crippen LogP contribution in [0, 0.1) is 0 Å². The quantitative estimate of drug-likeness (QED) is 0.101. The molecule has 0 bridgehead atoms. The van der Waals surface area contributed by atoms with Gasteiger partial charge in [-0.25, -0.2) is 0 Å². The summed E-state index contributed by atoms with van der Waals surface area (Å²) in [5.41, 5.74) is 16.9. The first-order valence-electron chi connectivity index (χ1n) is 23.0. The van der Waals surface area contributed by atoms with Crippen LogP contribution < -0.4 is 9.47 Å². The molecule has 0 aliphatic carbocycles. The molecule has 0 saturated heterocycles. The summed E-state index contributed by atoms with van der Waals surface area (Å²) < 4.78 is 10.9. The second kappa shape index (κ2) is 18.2. The minimum absolute atomic E-state index is 0.0726. The van der Waals surface area contributed by atoms with Crippen LogP contribution in [0.15, 0.2) is 194 Å². The molecule has 0 heterocycles. The number of hydrogen-bond donors (Lipinski definition) is 0. The predicted octanol–water partition coefficient (Wildman–Crippen LogP) is 17.1. The molecule has 0 aromatic heterocycles. The average molecular weight is 859 g/mol. The summed E-state index contributed by atoms with van der Waals surface area (Å²) in [5, 5.41) is 4.92. The molecule has 0 spiro atoms. The number of benzene rings is 9. The molecule has 2 heteroatoms. The van der Waals surface area contributed by atoms with Crippen LogP contribution in [-0.4, -0.2) is 14.2 Å². The molecule has 0 saturated carbocycles.